The molecule has 0 aliphatic heterocycles. The van der Waals surface area contributed by atoms with Gasteiger partial charge in [-0.2, -0.15) is 0 Å². The summed E-state index contributed by atoms with van der Waals surface area (Å²) in [7, 11) is 0. The van der Waals surface area contributed by atoms with E-state index in [1.807, 2.05) is 60.3 Å². The van der Waals surface area contributed by atoms with Crippen molar-refractivity contribution in [3.8, 4) is 0 Å². The number of hydrogen-bond donors (Lipinski definition) is 1. The topological polar surface area (TPSA) is 106 Å². The summed E-state index contributed by atoms with van der Waals surface area (Å²) in [6.45, 7) is 3.02. The van der Waals surface area contributed by atoms with Gasteiger partial charge in [0.2, 0.25) is 0 Å². The number of rotatable bonds is 8. The van der Waals surface area contributed by atoms with Gasteiger partial charge in [-0.05, 0) is 77.0 Å². The van der Waals surface area contributed by atoms with Crippen LogP contribution in [0.5, 0.6) is 0 Å². The summed E-state index contributed by atoms with van der Waals surface area (Å²) in [5.41, 5.74) is 3.38. The zero-order valence-electron chi connectivity index (χ0n) is 21.5. The third kappa shape index (κ3) is 5.02. The number of pyridine rings is 2. The van der Waals surface area contributed by atoms with E-state index >= 15 is 0 Å². The predicted molar refractivity (Wildman–Crippen MR) is 143 cm³/mol. The first-order valence-corrected chi connectivity index (χ1v) is 13.2. The van der Waals surface area contributed by atoms with Gasteiger partial charge < -0.3 is 9.40 Å². The van der Waals surface area contributed by atoms with Crippen LogP contribution in [0.1, 0.15) is 72.5 Å². The van der Waals surface area contributed by atoms with Crippen LogP contribution in [0.25, 0.3) is 10.9 Å². The zero-order valence-corrected chi connectivity index (χ0v) is 21.5. The summed E-state index contributed by atoms with van der Waals surface area (Å²) in [5.74, 6) is 1.47. The minimum Gasteiger partial charge on any atom is -0.468 e. The van der Waals surface area contributed by atoms with Gasteiger partial charge in [-0.25, -0.2) is 4.68 Å². The van der Waals surface area contributed by atoms with Crippen molar-refractivity contribution in [1.82, 2.24) is 35.1 Å². The van der Waals surface area contributed by atoms with Gasteiger partial charge in [-0.3, -0.25) is 14.7 Å². The molecule has 1 aliphatic carbocycles. The van der Waals surface area contributed by atoms with Gasteiger partial charge in [0.05, 0.1) is 18.8 Å². The molecule has 1 atom stereocenters. The second-order valence-electron chi connectivity index (χ2n) is 10.2. The van der Waals surface area contributed by atoms with E-state index in [0.29, 0.717) is 24.5 Å². The number of fused-ring (bicyclic) bond motifs is 1. The highest BCUT2D eigenvalue weighted by atomic mass is 16.3. The molecule has 0 amide bonds. The van der Waals surface area contributed by atoms with Gasteiger partial charge in [-0.1, -0.05) is 37.5 Å². The largest absolute Gasteiger partial charge is 0.468 e. The number of H-pyrrole nitrogens is 1. The Morgan fingerprint density at radius 2 is 2.00 bits per heavy atom. The molecule has 4 heterocycles. The van der Waals surface area contributed by atoms with Crippen molar-refractivity contribution in [1.29, 1.82) is 0 Å². The smallest absolute Gasteiger partial charge is 0.253 e. The fourth-order valence-corrected chi connectivity index (χ4v) is 5.57. The first-order valence-electron chi connectivity index (χ1n) is 13.2. The lowest BCUT2D eigenvalue weighted by Gasteiger charge is -2.32. The molecule has 6 rings (SSSR count). The molecule has 0 spiro atoms. The second-order valence-corrected chi connectivity index (χ2v) is 10.2. The maximum Gasteiger partial charge on any atom is 0.253 e. The number of nitrogens with one attached hydrogen (secondary N) is 1. The highest BCUT2D eigenvalue weighted by Gasteiger charge is 2.33. The number of tetrazole rings is 1. The van der Waals surface area contributed by atoms with E-state index in [-0.39, 0.29) is 11.6 Å². The maximum absolute atomic E-state index is 13.7. The third-order valence-electron chi connectivity index (χ3n) is 7.42. The molecule has 1 saturated carbocycles. The zero-order chi connectivity index (χ0) is 25.9. The van der Waals surface area contributed by atoms with Crippen molar-refractivity contribution >= 4 is 10.9 Å². The number of aromatic nitrogens is 6. The number of benzene rings is 1. The molecule has 1 fully saturated rings. The minimum absolute atomic E-state index is 0.151. The normalized spacial score (nSPS) is 15.3. The predicted octanol–water partition coefficient (Wildman–Crippen LogP) is 5.11. The van der Waals surface area contributed by atoms with Crippen molar-refractivity contribution in [2.75, 3.05) is 0 Å². The number of furan rings is 1. The van der Waals surface area contributed by atoms with E-state index in [0.717, 1.165) is 53.5 Å². The van der Waals surface area contributed by atoms with Crippen molar-refractivity contribution in [3.63, 3.8) is 0 Å². The SMILES string of the molecule is Cc1ccc2cc([C@@H](c3nnnn3C3CCCCC3)N(Cc3cccnc3)Cc3ccco3)c(=O)[nH]c2c1. The van der Waals surface area contributed by atoms with Gasteiger partial charge in [0.1, 0.15) is 11.8 Å². The van der Waals surface area contributed by atoms with Crippen LogP contribution in [-0.2, 0) is 13.1 Å². The van der Waals surface area contributed by atoms with E-state index < -0.39 is 6.04 Å². The summed E-state index contributed by atoms with van der Waals surface area (Å²) in [6.07, 6.45) is 10.9. The number of aromatic amines is 1. The lowest BCUT2D eigenvalue weighted by atomic mass is 9.95. The number of nitrogens with zero attached hydrogens (tertiary/aromatic N) is 6. The van der Waals surface area contributed by atoms with Gasteiger partial charge in [-0.15, -0.1) is 5.10 Å². The number of aryl methyl sites for hydroxylation is 1. The fraction of sp³-hybridized carbons (Fsp3) is 0.345. The molecule has 0 radical (unpaired) electrons. The third-order valence-corrected chi connectivity index (χ3v) is 7.42. The van der Waals surface area contributed by atoms with E-state index in [9.17, 15) is 4.79 Å². The molecule has 1 N–H and O–H groups in total. The van der Waals surface area contributed by atoms with Crippen LogP contribution in [0.3, 0.4) is 0 Å². The molecule has 4 aromatic heterocycles. The molecule has 5 aromatic rings. The Morgan fingerprint density at radius 3 is 2.79 bits per heavy atom. The lowest BCUT2D eigenvalue weighted by Crippen LogP contribution is -2.35. The first-order chi connectivity index (χ1) is 18.7. The molecule has 1 aliphatic rings. The summed E-state index contributed by atoms with van der Waals surface area (Å²) < 4.78 is 7.72. The summed E-state index contributed by atoms with van der Waals surface area (Å²) in [4.78, 5) is 23.4. The Bertz CT molecular complexity index is 1550. The molecule has 0 unspecified atom stereocenters. The Kier molecular flexibility index (Phi) is 6.83. The van der Waals surface area contributed by atoms with Crippen LogP contribution in [-0.4, -0.2) is 35.1 Å². The van der Waals surface area contributed by atoms with Crippen LogP contribution in [0, 0.1) is 6.92 Å². The van der Waals surface area contributed by atoms with E-state index in [1.54, 1.807) is 12.5 Å². The highest BCUT2D eigenvalue weighted by molar-refractivity contribution is 5.79. The lowest BCUT2D eigenvalue weighted by molar-refractivity contribution is 0.173. The fourth-order valence-electron chi connectivity index (χ4n) is 5.57. The molecule has 0 saturated heterocycles. The molecule has 9 nitrogen and oxygen atoms in total. The van der Waals surface area contributed by atoms with Crippen LogP contribution in [0.2, 0.25) is 0 Å². The van der Waals surface area contributed by atoms with Crippen molar-refractivity contribution < 1.29 is 4.42 Å². The van der Waals surface area contributed by atoms with Crippen LogP contribution >= 0.6 is 0 Å². The van der Waals surface area contributed by atoms with Crippen molar-refractivity contribution in [2.24, 2.45) is 0 Å². The maximum atomic E-state index is 13.7. The van der Waals surface area contributed by atoms with Gasteiger partial charge in [0.15, 0.2) is 5.82 Å². The Morgan fingerprint density at radius 1 is 1.11 bits per heavy atom. The number of hydrogen-bond acceptors (Lipinski definition) is 7. The Balaban J connectivity index is 1.52. The van der Waals surface area contributed by atoms with E-state index in [4.69, 9.17) is 4.42 Å². The van der Waals surface area contributed by atoms with E-state index in [2.05, 4.69) is 36.5 Å². The molecule has 1 aromatic carbocycles. The average molecular weight is 510 g/mol. The first kappa shape index (κ1) is 24.2. The Labute approximate surface area is 220 Å². The molecular weight excluding hydrogens is 478 g/mol. The van der Waals surface area contributed by atoms with Gasteiger partial charge in [0, 0.05) is 30.0 Å². The van der Waals surface area contributed by atoms with Crippen LogP contribution < -0.4 is 5.56 Å². The molecule has 9 heteroatoms. The van der Waals surface area contributed by atoms with Gasteiger partial charge in [0.25, 0.3) is 5.56 Å². The van der Waals surface area contributed by atoms with Gasteiger partial charge >= 0.3 is 0 Å². The van der Waals surface area contributed by atoms with Crippen LogP contribution in [0.15, 0.2) is 76.4 Å². The average Bonchev–Trinajstić information content (AvgIpc) is 3.63. The molecule has 194 valence electrons. The minimum atomic E-state index is -0.508. The monoisotopic (exact) mass is 509 g/mol. The second kappa shape index (κ2) is 10.7. The Hall–Kier alpha value is -4.11. The summed E-state index contributed by atoms with van der Waals surface area (Å²) in [5, 5.41) is 14.1. The quantitative estimate of drug-likeness (QED) is 0.310. The standard InChI is InChI=1S/C29H31N7O2/c1-20-11-12-22-16-25(29(37)31-26(22)15-20)27(28-32-33-34-36(28)23-8-3-2-4-9-23)35(19-24-10-6-14-38-24)18-21-7-5-13-30-17-21/h5-7,10-17,23,27H,2-4,8-9,18-19H2,1H3,(H,31,37)/t27-/m0/s1. The van der Waals surface area contributed by atoms with E-state index in [1.165, 1.54) is 6.42 Å². The van der Waals surface area contributed by atoms with Crippen molar-refractivity contribution in [3.05, 3.63) is 106 Å². The molecule has 0 bridgehead atoms. The van der Waals surface area contributed by atoms with Crippen LogP contribution in [0.4, 0.5) is 0 Å². The summed E-state index contributed by atoms with van der Waals surface area (Å²) >= 11 is 0. The summed E-state index contributed by atoms with van der Waals surface area (Å²) in [6, 6.07) is 15.6. The highest BCUT2D eigenvalue weighted by Crippen LogP contribution is 2.34. The molecule has 38 heavy (non-hydrogen) atoms. The van der Waals surface area contributed by atoms with Crippen molar-refractivity contribution in [2.45, 2.75) is 64.2 Å². The molecular formula is C29H31N7O2.